The van der Waals surface area contributed by atoms with Crippen molar-refractivity contribution in [2.45, 2.75) is 235 Å². The van der Waals surface area contributed by atoms with Crippen molar-refractivity contribution in [1.82, 2.24) is 0 Å². The smallest absolute Gasteiger partial charge is 0.317 e. The van der Waals surface area contributed by atoms with Crippen molar-refractivity contribution in [2.24, 2.45) is 50.2 Å². The van der Waals surface area contributed by atoms with Gasteiger partial charge in [0.05, 0.1) is 43.5 Å². The van der Waals surface area contributed by atoms with Gasteiger partial charge in [-0.05, 0) is 105 Å². The highest BCUT2D eigenvalue weighted by atomic mass is 16.8. The highest BCUT2D eigenvalue weighted by Gasteiger charge is 2.74. The number of hydrogen-bond acceptors (Lipinski definition) is 24. The first-order chi connectivity index (χ1) is 36.4. The van der Waals surface area contributed by atoms with Gasteiger partial charge < -0.3 is 114 Å². The zero-order valence-corrected chi connectivity index (χ0v) is 45.1. The van der Waals surface area contributed by atoms with Gasteiger partial charge in [0.1, 0.15) is 90.9 Å². The molecule has 5 aliphatic carbocycles. The van der Waals surface area contributed by atoms with Crippen LogP contribution in [-0.2, 0) is 47.5 Å². The van der Waals surface area contributed by atoms with E-state index in [4.69, 9.17) is 37.9 Å². The fourth-order valence-corrected chi connectivity index (χ4v) is 16.4. The van der Waals surface area contributed by atoms with Crippen LogP contribution in [-0.4, -0.2) is 243 Å². The van der Waals surface area contributed by atoms with E-state index >= 15 is 4.79 Å². The lowest BCUT2D eigenvalue weighted by Gasteiger charge is -2.71. The average Bonchev–Trinajstić information content (AvgIpc) is 3.78. The summed E-state index contributed by atoms with van der Waals surface area (Å²) in [6.45, 7) is 10.8. The number of ether oxygens (including phenoxy) is 8. The number of rotatable bonds is 12. The summed E-state index contributed by atoms with van der Waals surface area (Å²) in [6, 6.07) is 0. The molecule has 0 aromatic heterocycles. The van der Waals surface area contributed by atoms with Crippen molar-refractivity contribution in [3.05, 3.63) is 11.6 Å². The predicted octanol–water partition coefficient (Wildman–Crippen LogP) is -3.36. The number of aliphatic hydroxyl groups excluding tert-OH is 14. The lowest BCUT2D eigenvalue weighted by molar-refractivity contribution is -0.373. The maximum Gasteiger partial charge on any atom is 0.317 e. The second-order valence-corrected chi connectivity index (χ2v) is 25.8. The van der Waals surface area contributed by atoms with E-state index in [-0.39, 0.29) is 37.0 Å². The molecule has 15 N–H and O–H groups in total. The number of aliphatic carboxylic acids is 1. The summed E-state index contributed by atoms with van der Waals surface area (Å²) >= 11 is 0. The van der Waals surface area contributed by atoms with E-state index in [9.17, 15) is 81.4 Å². The molecule has 4 saturated heterocycles. The number of fused-ring (bicyclic) bond motifs is 7. The summed E-state index contributed by atoms with van der Waals surface area (Å²) in [7, 11) is 0. The van der Waals surface area contributed by atoms with Gasteiger partial charge in [0, 0.05) is 0 Å². The van der Waals surface area contributed by atoms with Crippen LogP contribution in [0.15, 0.2) is 11.6 Å². The van der Waals surface area contributed by atoms with Crippen LogP contribution >= 0.6 is 0 Å². The molecule has 0 amide bonds. The molecule has 0 unspecified atom stereocenters. The van der Waals surface area contributed by atoms with Crippen LogP contribution in [0.3, 0.4) is 0 Å². The van der Waals surface area contributed by atoms with E-state index in [1.807, 2.05) is 6.92 Å². The number of carboxylic acid groups (broad SMARTS) is 1. The highest BCUT2D eigenvalue weighted by molar-refractivity contribution is 5.80. The van der Waals surface area contributed by atoms with E-state index in [2.05, 4.69) is 33.8 Å². The lowest BCUT2D eigenvalue weighted by atomic mass is 9.33. The Morgan fingerprint density at radius 2 is 1.13 bits per heavy atom. The molecule has 4 heterocycles. The number of carbonyl (C=O) groups excluding carboxylic acids is 1. The number of allylic oxidation sites excluding steroid dienone is 2. The van der Waals surface area contributed by atoms with Crippen molar-refractivity contribution < 1.29 is 124 Å². The molecule has 25 heteroatoms. The van der Waals surface area contributed by atoms with Crippen molar-refractivity contribution in [3.63, 3.8) is 0 Å². The molecule has 8 fully saturated rings. The summed E-state index contributed by atoms with van der Waals surface area (Å²) in [5.41, 5.74) is -5.33. The maximum absolute atomic E-state index is 15.2. The average molecular weight is 1120 g/mol. The quantitative estimate of drug-likeness (QED) is 0.0515. The third-order valence-corrected chi connectivity index (χ3v) is 21.1. The summed E-state index contributed by atoms with van der Waals surface area (Å²) < 4.78 is 47.0. The van der Waals surface area contributed by atoms with Crippen LogP contribution in [0.5, 0.6) is 0 Å². The Balaban J connectivity index is 0.991. The van der Waals surface area contributed by atoms with Crippen LogP contribution in [0.25, 0.3) is 0 Å². The molecule has 9 aliphatic rings. The topological polar surface area (TPSA) is 411 Å². The van der Waals surface area contributed by atoms with Crippen LogP contribution in [0, 0.1) is 50.2 Å². The number of hydrogen-bond donors (Lipinski definition) is 15. The SMILES string of the molecule is C[C@@H]1O[C@@H](O[C@@H]2[C@@H](OC(=O)[C@]34CCC(C)(C)C[C@H]3C3=CC[C@@H]5[C@@]6(C)C[C@H](O)[C@H](O[C@@H]7O[C@H](CO)[C@@H](O)[C@H](O[C@@H]8O[C@H](CO)[C@@H](O)[C@H](O)[C@H]8O)[C@H]7O)[C@@](C)(C(=O)O)[C@@H]6CC[C@@]5(C)[C@]3(C)C[C@H]4O)O[C@H](CO)[C@H]2O)[C@H](O)[C@H](O)[C@H]1O. The first-order valence-corrected chi connectivity index (χ1v) is 27.5. The summed E-state index contributed by atoms with van der Waals surface area (Å²) in [6.07, 6.45) is -31.6. The molecule has 446 valence electrons. The number of carbonyl (C=O) groups is 2. The minimum absolute atomic E-state index is 0.00759. The minimum Gasteiger partial charge on any atom is -0.481 e. The van der Waals surface area contributed by atoms with E-state index < -0.39 is 206 Å². The molecular formula is C53H84O25. The van der Waals surface area contributed by atoms with E-state index in [1.165, 1.54) is 13.8 Å². The predicted molar refractivity (Wildman–Crippen MR) is 260 cm³/mol. The number of carboxylic acids is 1. The zero-order chi connectivity index (χ0) is 57.3. The van der Waals surface area contributed by atoms with Crippen molar-refractivity contribution >= 4 is 11.9 Å². The molecule has 4 saturated carbocycles. The van der Waals surface area contributed by atoms with Gasteiger partial charge in [-0.15, -0.1) is 0 Å². The standard InChI is InChI=1S/C53H84O25/c1-20-30(59)34(63)36(65)42(71-20)76-40-33(62)26(19-56)74-45(40)78-47(70)53-13-12-48(2,3)14-22(53)21-8-9-27-49(4)15-23(57)41(52(7,46(68)69)28(49)10-11-50(27,5)51(21,6)16-29(53)58)77-44-38(67)39(32(61)25(18-55)73-44)75-43-37(66)35(64)31(60)24(17-54)72-43/h8,20,22-45,54-67H,9-19H2,1-7H3,(H,68,69)/t20-,22-,23-,24+,25+,26+,27+,28+,29+,30-,31+,32+,33+,34+,35-,36+,37+,38+,39-,40-,41-,42-,43-,44-,45+,49+,50+,51+,52-,53+/m0/s1. The second-order valence-electron chi connectivity index (χ2n) is 25.8. The Hall–Kier alpha value is -2.16. The van der Waals surface area contributed by atoms with E-state index in [1.54, 1.807) is 0 Å². The fraction of sp³-hybridized carbons (Fsp3) is 0.925. The fourth-order valence-electron chi connectivity index (χ4n) is 16.4. The Bertz CT molecular complexity index is 2220. The second kappa shape index (κ2) is 21.5. The van der Waals surface area contributed by atoms with Crippen molar-refractivity contribution in [3.8, 4) is 0 Å². The first-order valence-electron chi connectivity index (χ1n) is 27.5. The lowest BCUT2D eigenvalue weighted by Crippen LogP contribution is -2.71. The van der Waals surface area contributed by atoms with Gasteiger partial charge >= 0.3 is 11.9 Å². The monoisotopic (exact) mass is 1120 g/mol. The third kappa shape index (κ3) is 9.25. The molecule has 0 radical (unpaired) electrons. The van der Waals surface area contributed by atoms with E-state index in [0.717, 1.165) is 5.57 Å². The minimum atomic E-state index is -2.00. The van der Waals surface area contributed by atoms with Crippen LogP contribution in [0.2, 0.25) is 0 Å². The Labute approximate surface area is 451 Å². The van der Waals surface area contributed by atoms with Crippen LogP contribution in [0.1, 0.15) is 99.8 Å². The summed E-state index contributed by atoms with van der Waals surface area (Å²) in [4.78, 5) is 29.2. The highest BCUT2D eigenvalue weighted by Crippen LogP contribution is 2.76. The molecule has 0 aromatic rings. The molecule has 0 bridgehead atoms. The van der Waals surface area contributed by atoms with Gasteiger partial charge in [-0.1, -0.05) is 46.3 Å². The molecule has 78 heavy (non-hydrogen) atoms. The third-order valence-electron chi connectivity index (χ3n) is 21.1. The number of aliphatic hydroxyl groups is 14. The molecular weight excluding hydrogens is 1040 g/mol. The largest absolute Gasteiger partial charge is 0.481 e. The van der Waals surface area contributed by atoms with Crippen LogP contribution < -0.4 is 0 Å². The Kier molecular flexibility index (Phi) is 16.6. The van der Waals surface area contributed by atoms with Gasteiger partial charge in [-0.25, -0.2) is 0 Å². The molecule has 30 atom stereocenters. The van der Waals surface area contributed by atoms with Crippen molar-refractivity contribution in [2.75, 3.05) is 19.8 Å². The molecule has 9 rings (SSSR count). The van der Waals surface area contributed by atoms with Gasteiger partial charge in [-0.3, -0.25) is 9.59 Å². The van der Waals surface area contributed by atoms with Gasteiger partial charge in [0.15, 0.2) is 25.0 Å². The molecule has 25 nitrogen and oxygen atoms in total. The van der Waals surface area contributed by atoms with E-state index in [0.29, 0.717) is 25.7 Å². The van der Waals surface area contributed by atoms with Gasteiger partial charge in [0.2, 0.25) is 6.29 Å². The zero-order valence-electron chi connectivity index (χ0n) is 45.1. The van der Waals surface area contributed by atoms with Crippen LogP contribution in [0.4, 0.5) is 0 Å². The van der Waals surface area contributed by atoms with Gasteiger partial charge in [0.25, 0.3) is 0 Å². The molecule has 4 aliphatic heterocycles. The maximum atomic E-state index is 15.2. The normalized spacial score (nSPS) is 54.9. The van der Waals surface area contributed by atoms with Gasteiger partial charge in [-0.2, -0.15) is 0 Å². The Morgan fingerprint density at radius 1 is 0.590 bits per heavy atom. The summed E-state index contributed by atoms with van der Waals surface area (Å²) in [5, 5.41) is 164. The Morgan fingerprint density at radius 3 is 1.73 bits per heavy atom. The first kappa shape index (κ1) is 60.4. The van der Waals surface area contributed by atoms with Crippen molar-refractivity contribution in [1.29, 1.82) is 0 Å². The number of esters is 1. The molecule has 0 aromatic carbocycles. The summed E-state index contributed by atoms with van der Waals surface area (Å²) in [5.74, 6) is -3.81. The molecule has 0 spiro atoms.